The lowest BCUT2D eigenvalue weighted by molar-refractivity contribution is -0.143. The summed E-state index contributed by atoms with van der Waals surface area (Å²) in [5, 5.41) is 9.99. The molecule has 1 N–H and O–H groups in total. The minimum atomic E-state index is -0.814. The van der Waals surface area contributed by atoms with Crippen LogP contribution < -0.4 is 0 Å². The van der Waals surface area contributed by atoms with Crippen LogP contribution in [0.25, 0.3) is 0 Å². The molecule has 1 saturated heterocycles. The third kappa shape index (κ3) is 4.82. The molecule has 1 aromatic rings. The number of benzene rings is 1. The number of carbonyl (C=O) groups is 1. The average Bonchev–Trinajstić information content (AvgIpc) is 2.84. The maximum Gasteiger partial charge on any atom is 0.394 e. The molecule has 0 aromatic heterocycles. The Bertz CT molecular complexity index is 755. The number of carboxylic acids is 1. The summed E-state index contributed by atoms with van der Waals surface area (Å²) in [7, 11) is 0. The standard InChI is InChI=1S/C28H42N2O3/c1-5-29(6-2)19-13-15-23-25(17-19)33-26-18-20(30(7-3)8-4)14-16-24(26)27(23)21-11-9-10-12-22(21)28(31)32/h9-12,19-20,23-26H,5-8,13-18H2,1-4H3/p+1. The van der Waals surface area contributed by atoms with Crippen molar-refractivity contribution < 1.29 is 14.6 Å². The number of ether oxygens (including phenoxy) is 1. The largest absolute Gasteiger partial charge is 0.468 e. The van der Waals surface area contributed by atoms with E-state index in [9.17, 15) is 9.90 Å². The summed E-state index contributed by atoms with van der Waals surface area (Å²) in [6, 6.07) is 8.85. The van der Waals surface area contributed by atoms with Gasteiger partial charge in [-0.25, -0.2) is 4.79 Å². The first-order valence-corrected chi connectivity index (χ1v) is 13.3. The van der Waals surface area contributed by atoms with E-state index in [0.717, 1.165) is 57.4 Å². The van der Waals surface area contributed by atoms with E-state index in [4.69, 9.17) is 4.74 Å². The Labute approximate surface area is 200 Å². The molecule has 33 heavy (non-hydrogen) atoms. The number of hydrogen-bond donors (Lipinski definition) is 1. The van der Waals surface area contributed by atoms with Crippen molar-refractivity contribution in [3.05, 3.63) is 41.3 Å². The van der Waals surface area contributed by atoms with Crippen LogP contribution in [-0.2, 0) is 4.74 Å². The SMILES string of the molecule is CCN(CC)C1CCC2[C+](c3ccccc3C(=O)O)C3CCC(N(CC)CC)CC3OC2C1. The second-order valence-electron chi connectivity index (χ2n) is 10.1. The van der Waals surface area contributed by atoms with Crippen LogP contribution in [0.5, 0.6) is 0 Å². The molecule has 6 unspecified atom stereocenters. The maximum absolute atomic E-state index is 12.2. The van der Waals surface area contributed by atoms with Gasteiger partial charge in [0.25, 0.3) is 0 Å². The molecule has 0 radical (unpaired) electrons. The molecule has 182 valence electrons. The zero-order valence-electron chi connectivity index (χ0n) is 21.0. The van der Waals surface area contributed by atoms with Gasteiger partial charge in [-0.1, -0.05) is 27.7 Å². The summed E-state index contributed by atoms with van der Waals surface area (Å²) in [5.74, 6) is 1.25. The first-order chi connectivity index (χ1) is 16.0. The van der Waals surface area contributed by atoms with Crippen LogP contribution in [0.3, 0.4) is 0 Å². The fraction of sp³-hybridized carbons (Fsp3) is 0.714. The van der Waals surface area contributed by atoms with Gasteiger partial charge >= 0.3 is 5.97 Å². The van der Waals surface area contributed by atoms with Crippen molar-refractivity contribution in [2.24, 2.45) is 11.8 Å². The van der Waals surface area contributed by atoms with Crippen LogP contribution in [0.15, 0.2) is 24.3 Å². The summed E-state index contributed by atoms with van der Waals surface area (Å²) in [6.45, 7) is 13.3. The first kappa shape index (κ1) is 24.6. The van der Waals surface area contributed by atoms with Gasteiger partial charge in [-0.05, 0) is 76.8 Å². The van der Waals surface area contributed by atoms with Crippen molar-refractivity contribution in [1.29, 1.82) is 0 Å². The molecule has 2 saturated carbocycles. The molecule has 1 aromatic carbocycles. The van der Waals surface area contributed by atoms with Crippen molar-refractivity contribution in [3.8, 4) is 0 Å². The topological polar surface area (TPSA) is 53.0 Å². The van der Waals surface area contributed by atoms with Crippen molar-refractivity contribution in [2.75, 3.05) is 26.2 Å². The van der Waals surface area contributed by atoms with Crippen LogP contribution >= 0.6 is 0 Å². The lowest BCUT2D eigenvalue weighted by Crippen LogP contribution is -2.56. The van der Waals surface area contributed by atoms with Gasteiger partial charge in [0.05, 0.1) is 24.0 Å². The molecular weight excluding hydrogens is 412 g/mol. The molecule has 3 fully saturated rings. The van der Waals surface area contributed by atoms with Crippen molar-refractivity contribution in [1.82, 2.24) is 9.80 Å². The van der Waals surface area contributed by atoms with E-state index in [1.807, 2.05) is 12.1 Å². The van der Waals surface area contributed by atoms with Gasteiger partial charge in [0.2, 0.25) is 0 Å². The number of rotatable bonds is 8. The summed E-state index contributed by atoms with van der Waals surface area (Å²) in [5.41, 5.74) is 1.43. The van der Waals surface area contributed by atoms with E-state index >= 15 is 0 Å². The highest BCUT2D eigenvalue weighted by atomic mass is 16.5. The van der Waals surface area contributed by atoms with E-state index in [-0.39, 0.29) is 12.2 Å². The minimum Gasteiger partial charge on any atom is -0.468 e. The van der Waals surface area contributed by atoms with Gasteiger partial charge < -0.3 is 19.6 Å². The lowest BCUT2D eigenvalue weighted by atomic mass is 9.61. The van der Waals surface area contributed by atoms with Crippen LogP contribution in [0.2, 0.25) is 0 Å². The van der Waals surface area contributed by atoms with E-state index in [1.165, 1.54) is 18.8 Å². The predicted octanol–water partition coefficient (Wildman–Crippen LogP) is 5.10. The molecule has 0 amide bonds. The Kier molecular flexibility index (Phi) is 8.03. The van der Waals surface area contributed by atoms with Crippen molar-refractivity contribution in [2.45, 2.75) is 90.5 Å². The number of fused-ring (bicyclic) bond motifs is 2. The zero-order chi connectivity index (χ0) is 23.5. The third-order valence-electron chi connectivity index (χ3n) is 8.80. The fourth-order valence-corrected chi connectivity index (χ4v) is 7.19. The van der Waals surface area contributed by atoms with Crippen LogP contribution in [0.1, 0.15) is 82.1 Å². The zero-order valence-corrected chi connectivity index (χ0v) is 21.0. The monoisotopic (exact) mass is 455 g/mol. The second kappa shape index (κ2) is 10.8. The fourth-order valence-electron chi connectivity index (χ4n) is 7.19. The van der Waals surface area contributed by atoms with Crippen LogP contribution in [-0.4, -0.2) is 71.3 Å². The van der Waals surface area contributed by atoms with E-state index < -0.39 is 5.97 Å². The molecule has 2 aliphatic carbocycles. The number of hydrogen-bond acceptors (Lipinski definition) is 4. The molecule has 4 rings (SSSR count). The molecule has 1 aliphatic heterocycles. The van der Waals surface area contributed by atoms with Crippen LogP contribution in [0.4, 0.5) is 0 Å². The number of aromatic carboxylic acids is 1. The summed E-state index contributed by atoms with van der Waals surface area (Å²) in [6.07, 6.45) is 7.04. The molecule has 5 heteroatoms. The Morgan fingerprint density at radius 1 is 0.879 bits per heavy atom. The maximum atomic E-state index is 12.2. The number of nitrogens with zero attached hydrogens (tertiary/aromatic N) is 2. The Hall–Kier alpha value is -1.56. The summed E-state index contributed by atoms with van der Waals surface area (Å²) < 4.78 is 6.96. The highest BCUT2D eigenvalue weighted by Crippen LogP contribution is 2.52. The van der Waals surface area contributed by atoms with Gasteiger partial charge in [-0.3, -0.25) is 0 Å². The van der Waals surface area contributed by atoms with E-state index in [1.54, 1.807) is 6.07 Å². The Morgan fingerprint density at radius 3 is 1.82 bits per heavy atom. The minimum absolute atomic E-state index is 0.193. The van der Waals surface area contributed by atoms with Gasteiger partial charge in [0.15, 0.2) is 5.56 Å². The molecular formula is C28H43N2O3+. The molecule has 1 heterocycles. The number of carboxylic acid groups (broad SMARTS) is 1. The molecule has 5 nitrogen and oxygen atoms in total. The molecule has 0 spiro atoms. The van der Waals surface area contributed by atoms with Crippen molar-refractivity contribution in [3.63, 3.8) is 0 Å². The van der Waals surface area contributed by atoms with Crippen LogP contribution in [0, 0.1) is 17.8 Å². The lowest BCUT2D eigenvalue weighted by Gasteiger charge is -2.52. The predicted molar refractivity (Wildman–Crippen MR) is 133 cm³/mol. The smallest absolute Gasteiger partial charge is 0.394 e. The Balaban J connectivity index is 1.67. The van der Waals surface area contributed by atoms with Gasteiger partial charge in [-0.15, -0.1) is 0 Å². The molecule has 3 aliphatic rings. The van der Waals surface area contributed by atoms with E-state index in [2.05, 4.69) is 43.6 Å². The van der Waals surface area contributed by atoms with Crippen molar-refractivity contribution >= 4 is 5.97 Å². The Morgan fingerprint density at radius 2 is 1.36 bits per heavy atom. The van der Waals surface area contributed by atoms with Gasteiger partial charge in [0.1, 0.15) is 5.56 Å². The summed E-state index contributed by atoms with van der Waals surface area (Å²) in [4.78, 5) is 17.3. The van der Waals surface area contributed by atoms with Gasteiger partial charge in [0, 0.05) is 30.1 Å². The quantitative estimate of drug-likeness (QED) is 0.553. The normalized spacial score (nSPS) is 32.0. The van der Waals surface area contributed by atoms with E-state index in [0.29, 0.717) is 29.5 Å². The second-order valence-corrected chi connectivity index (χ2v) is 10.1. The summed E-state index contributed by atoms with van der Waals surface area (Å²) >= 11 is 0. The highest BCUT2D eigenvalue weighted by molar-refractivity contribution is 5.90. The third-order valence-corrected chi connectivity index (χ3v) is 8.80. The molecule has 0 bridgehead atoms. The molecule has 6 atom stereocenters. The average molecular weight is 456 g/mol. The first-order valence-electron chi connectivity index (χ1n) is 13.3. The van der Waals surface area contributed by atoms with Gasteiger partial charge in [-0.2, -0.15) is 0 Å². The highest BCUT2D eigenvalue weighted by Gasteiger charge is 2.55.